The van der Waals surface area contributed by atoms with Crippen molar-refractivity contribution in [3.8, 4) is 0 Å². The molecule has 1 aliphatic rings. The summed E-state index contributed by atoms with van der Waals surface area (Å²) >= 11 is 0. The Bertz CT molecular complexity index is 261. The van der Waals surface area contributed by atoms with E-state index in [0.29, 0.717) is 6.42 Å². The molecular formula is C9H9F2N. The van der Waals surface area contributed by atoms with Gasteiger partial charge in [-0.15, -0.1) is 0 Å². The molecular weight excluding hydrogens is 160 g/mol. The zero-order chi connectivity index (χ0) is 8.55. The van der Waals surface area contributed by atoms with Crippen LogP contribution in [0.1, 0.15) is 5.56 Å². The van der Waals surface area contributed by atoms with Gasteiger partial charge in [-0.1, -0.05) is 18.2 Å². The van der Waals surface area contributed by atoms with Crippen molar-refractivity contribution in [2.45, 2.75) is 18.9 Å². The van der Waals surface area contributed by atoms with E-state index in [2.05, 4.69) is 5.32 Å². The molecule has 0 bridgehead atoms. The first-order valence-electron chi connectivity index (χ1n) is 3.90. The van der Waals surface area contributed by atoms with Gasteiger partial charge in [0, 0.05) is 12.1 Å². The molecule has 0 amide bonds. The Morgan fingerprint density at radius 3 is 2.75 bits per heavy atom. The van der Waals surface area contributed by atoms with Crippen LogP contribution in [0.3, 0.4) is 0 Å². The van der Waals surface area contributed by atoms with Crippen molar-refractivity contribution in [3.05, 3.63) is 29.8 Å². The number of alkyl halides is 2. The molecule has 12 heavy (non-hydrogen) atoms. The first-order valence-corrected chi connectivity index (χ1v) is 3.90. The second kappa shape index (κ2) is 2.73. The van der Waals surface area contributed by atoms with Crippen LogP contribution in [0.2, 0.25) is 0 Å². The number of anilines is 1. The van der Waals surface area contributed by atoms with Gasteiger partial charge in [0.1, 0.15) is 0 Å². The average molecular weight is 169 g/mol. The van der Waals surface area contributed by atoms with E-state index in [0.717, 1.165) is 11.3 Å². The fraction of sp³-hybridized carbons (Fsp3) is 0.333. The second-order valence-corrected chi connectivity index (χ2v) is 2.95. The number of nitrogens with one attached hydrogen (secondary N) is 1. The summed E-state index contributed by atoms with van der Waals surface area (Å²) in [5, 5.41) is 2.78. The third-order valence-electron chi connectivity index (χ3n) is 2.10. The van der Waals surface area contributed by atoms with Crippen molar-refractivity contribution < 1.29 is 8.78 Å². The predicted molar refractivity (Wildman–Crippen MR) is 43.6 cm³/mol. The van der Waals surface area contributed by atoms with Gasteiger partial charge in [-0.2, -0.15) is 0 Å². The van der Waals surface area contributed by atoms with Gasteiger partial charge < -0.3 is 5.32 Å². The van der Waals surface area contributed by atoms with E-state index in [1.807, 2.05) is 24.3 Å². The summed E-state index contributed by atoms with van der Waals surface area (Å²) in [6.45, 7) is 0. The molecule has 1 atom stereocenters. The zero-order valence-corrected chi connectivity index (χ0v) is 6.43. The Kier molecular flexibility index (Phi) is 1.71. The van der Waals surface area contributed by atoms with Crippen LogP contribution < -0.4 is 5.32 Å². The van der Waals surface area contributed by atoms with Crippen LogP contribution in [0.15, 0.2) is 24.3 Å². The highest BCUT2D eigenvalue weighted by atomic mass is 19.3. The molecule has 0 aromatic heterocycles. The smallest absolute Gasteiger partial charge is 0.258 e. The molecule has 0 spiro atoms. The van der Waals surface area contributed by atoms with Gasteiger partial charge in [0.05, 0.1) is 6.04 Å². The first kappa shape index (κ1) is 7.53. The molecule has 1 aliphatic heterocycles. The third-order valence-corrected chi connectivity index (χ3v) is 2.10. The molecule has 0 aliphatic carbocycles. The second-order valence-electron chi connectivity index (χ2n) is 2.95. The van der Waals surface area contributed by atoms with Crippen molar-refractivity contribution in [2.75, 3.05) is 5.32 Å². The van der Waals surface area contributed by atoms with Gasteiger partial charge in [-0.3, -0.25) is 0 Å². The van der Waals surface area contributed by atoms with Crippen LogP contribution in [0, 0.1) is 0 Å². The van der Waals surface area contributed by atoms with Crippen LogP contribution in [-0.2, 0) is 6.42 Å². The zero-order valence-electron chi connectivity index (χ0n) is 6.43. The van der Waals surface area contributed by atoms with Crippen molar-refractivity contribution in [1.29, 1.82) is 0 Å². The van der Waals surface area contributed by atoms with Crippen molar-refractivity contribution in [1.82, 2.24) is 0 Å². The lowest BCUT2D eigenvalue weighted by Crippen LogP contribution is -2.24. The maximum Gasteiger partial charge on any atom is 0.258 e. The third kappa shape index (κ3) is 1.15. The fourth-order valence-corrected chi connectivity index (χ4v) is 1.48. The first-order chi connectivity index (χ1) is 5.77. The quantitative estimate of drug-likeness (QED) is 0.680. The molecule has 1 N–H and O–H groups in total. The highest BCUT2D eigenvalue weighted by molar-refractivity contribution is 5.56. The lowest BCUT2D eigenvalue weighted by atomic mass is 10.1. The van der Waals surface area contributed by atoms with E-state index in [-0.39, 0.29) is 0 Å². The van der Waals surface area contributed by atoms with E-state index in [1.165, 1.54) is 0 Å². The number of para-hydroxylation sites is 1. The SMILES string of the molecule is FC(F)[C@@H]1Cc2ccccc2N1. The normalized spacial score (nSPS) is 20.8. The van der Waals surface area contributed by atoms with E-state index >= 15 is 0 Å². The summed E-state index contributed by atoms with van der Waals surface area (Å²) in [4.78, 5) is 0. The minimum Gasteiger partial charge on any atom is -0.376 e. The molecule has 0 saturated heterocycles. The monoisotopic (exact) mass is 169 g/mol. The van der Waals surface area contributed by atoms with E-state index in [1.54, 1.807) is 0 Å². The Morgan fingerprint density at radius 1 is 1.33 bits per heavy atom. The van der Waals surface area contributed by atoms with Gasteiger partial charge in [0.25, 0.3) is 6.43 Å². The van der Waals surface area contributed by atoms with Gasteiger partial charge in [-0.25, -0.2) is 8.78 Å². The Hall–Kier alpha value is -1.12. The van der Waals surface area contributed by atoms with Crippen molar-refractivity contribution in [2.24, 2.45) is 0 Å². The maximum absolute atomic E-state index is 12.2. The summed E-state index contributed by atoms with van der Waals surface area (Å²) in [5.74, 6) is 0. The highest BCUT2D eigenvalue weighted by Gasteiger charge is 2.27. The van der Waals surface area contributed by atoms with Crippen LogP contribution in [-0.4, -0.2) is 12.5 Å². The van der Waals surface area contributed by atoms with Crippen molar-refractivity contribution >= 4 is 5.69 Å². The minimum atomic E-state index is -2.28. The van der Waals surface area contributed by atoms with Gasteiger partial charge in [0.2, 0.25) is 0 Å². The maximum atomic E-state index is 12.2. The van der Waals surface area contributed by atoms with Crippen LogP contribution in [0.4, 0.5) is 14.5 Å². The molecule has 0 saturated carbocycles. The molecule has 3 heteroatoms. The molecule has 2 rings (SSSR count). The lowest BCUT2D eigenvalue weighted by Gasteiger charge is -2.08. The summed E-state index contributed by atoms with van der Waals surface area (Å²) in [6, 6.07) is 6.73. The lowest BCUT2D eigenvalue weighted by molar-refractivity contribution is 0.126. The summed E-state index contributed by atoms with van der Waals surface area (Å²) < 4.78 is 24.5. The molecule has 0 unspecified atom stereocenters. The number of rotatable bonds is 1. The van der Waals surface area contributed by atoms with Gasteiger partial charge in [0.15, 0.2) is 0 Å². The van der Waals surface area contributed by atoms with Gasteiger partial charge >= 0.3 is 0 Å². The largest absolute Gasteiger partial charge is 0.376 e. The van der Waals surface area contributed by atoms with E-state index in [9.17, 15) is 8.78 Å². The molecule has 1 aromatic rings. The topological polar surface area (TPSA) is 12.0 Å². The highest BCUT2D eigenvalue weighted by Crippen LogP contribution is 2.27. The Balaban J connectivity index is 2.22. The average Bonchev–Trinajstić information content (AvgIpc) is 2.46. The molecule has 1 aromatic carbocycles. The number of hydrogen-bond acceptors (Lipinski definition) is 1. The molecule has 0 fully saturated rings. The molecule has 0 radical (unpaired) electrons. The van der Waals surface area contributed by atoms with Crippen molar-refractivity contribution in [3.63, 3.8) is 0 Å². The summed E-state index contributed by atoms with van der Waals surface area (Å²) in [7, 11) is 0. The fourth-order valence-electron chi connectivity index (χ4n) is 1.48. The Labute approximate surface area is 69.4 Å². The predicted octanol–water partition coefficient (Wildman–Crippen LogP) is 2.29. The Morgan fingerprint density at radius 2 is 2.08 bits per heavy atom. The summed E-state index contributed by atoms with van der Waals surface area (Å²) in [6.07, 6.45) is -1.84. The molecule has 64 valence electrons. The molecule has 1 heterocycles. The van der Waals surface area contributed by atoms with E-state index in [4.69, 9.17) is 0 Å². The number of halogens is 2. The van der Waals surface area contributed by atoms with Crippen LogP contribution in [0.25, 0.3) is 0 Å². The standard InChI is InChI=1S/C9H9F2N/c10-9(11)8-5-6-3-1-2-4-7(6)12-8/h1-4,8-9,12H,5H2/t8-/m0/s1. The number of fused-ring (bicyclic) bond motifs is 1. The minimum absolute atomic E-state index is 0.438. The van der Waals surface area contributed by atoms with Crippen LogP contribution >= 0.6 is 0 Å². The summed E-state index contributed by atoms with van der Waals surface area (Å²) in [5.41, 5.74) is 1.84. The van der Waals surface area contributed by atoms with Crippen LogP contribution in [0.5, 0.6) is 0 Å². The van der Waals surface area contributed by atoms with Gasteiger partial charge in [-0.05, 0) is 11.6 Å². The molecule has 1 nitrogen and oxygen atoms in total. The number of benzene rings is 1. The van der Waals surface area contributed by atoms with E-state index < -0.39 is 12.5 Å². The number of hydrogen-bond donors (Lipinski definition) is 1.